The third kappa shape index (κ3) is 4.39. The van der Waals surface area contributed by atoms with Crippen LogP contribution < -0.4 is 10.1 Å². The summed E-state index contributed by atoms with van der Waals surface area (Å²) in [5, 5.41) is 12.9. The molecule has 1 aromatic rings. The number of benzene rings is 1. The Morgan fingerprint density at radius 3 is 2.81 bits per heavy atom. The van der Waals surface area contributed by atoms with Gasteiger partial charge >= 0.3 is 0 Å². The highest BCUT2D eigenvalue weighted by Crippen LogP contribution is 2.24. The molecule has 0 aliphatic heterocycles. The third-order valence-electron chi connectivity index (χ3n) is 2.28. The number of methoxy groups -OCH3 is 1. The molecule has 1 unspecified atom stereocenters. The van der Waals surface area contributed by atoms with Gasteiger partial charge < -0.3 is 15.2 Å². The van der Waals surface area contributed by atoms with E-state index in [0.717, 1.165) is 25.1 Å². The lowest BCUT2D eigenvalue weighted by Crippen LogP contribution is -2.18. The fourth-order valence-corrected chi connectivity index (χ4v) is 1.64. The predicted molar refractivity (Wildman–Crippen MR) is 66.0 cm³/mol. The lowest BCUT2D eigenvalue weighted by molar-refractivity contribution is 0.183. The molecule has 0 spiro atoms. The van der Waals surface area contributed by atoms with Crippen LogP contribution in [-0.2, 0) is 6.54 Å². The van der Waals surface area contributed by atoms with Crippen LogP contribution in [0.5, 0.6) is 5.75 Å². The lowest BCUT2D eigenvalue weighted by Gasteiger charge is -2.08. The molecule has 90 valence electrons. The molecule has 0 saturated heterocycles. The first kappa shape index (κ1) is 13.3. The van der Waals surface area contributed by atoms with Gasteiger partial charge in [0.2, 0.25) is 0 Å². The largest absolute Gasteiger partial charge is 0.495 e. The molecule has 0 aromatic heterocycles. The molecule has 0 bridgehead atoms. The zero-order chi connectivity index (χ0) is 12.0. The van der Waals surface area contributed by atoms with Crippen LogP contribution in [0.2, 0.25) is 5.02 Å². The number of rotatable bonds is 6. The summed E-state index contributed by atoms with van der Waals surface area (Å²) in [5.74, 6) is 0.689. The summed E-state index contributed by atoms with van der Waals surface area (Å²) < 4.78 is 5.07. The Kier molecular flexibility index (Phi) is 5.60. The molecule has 0 heterocycles. The van der Waals surface area contributed by atoms with E-state index < -0.39 is 0 Å². The molecule has 0 fully saturated rings. The summed E-state index contributed by atoms with van der Waals surface area (Å²) in [5.41, 5.74) is 1.11. The van der Waals surface area contributed by atoms with Gasteiger partial charge in [0.15, 0.2) is 0 Å². The highest BCUT2D eigenvalue weighted by Gasteiger charge is 2.01. The van der Waals surface area contributed by atoms with Gasteiger partial charge in [0.25, 0.3) is 0 Å². The van der Waals surface area contributed by atoms with Crippen molar-refractivity contribution < 1.29 is 9.84 Å². The summed E-state index contributed by atoms with van der Waals surface area (Å²) in [6.45, 7) is 3.32. The first-order chi connectivity index (χ1) is 7.63. The Hall–Kier alpha value is -0.770. The fraction of sp³-hybridized carbons (Fsp3) is 0.500. The summed E-state index contributed by atoms with van der Waals surface area (Å²) in [6, 6.07) is 5.71. The van der Waals surface area contributed by atoms with Crippen molar-refractivity contribution in [2.75, 3.05) is 13.7 Å². The maximum Gasteiger partial charge on any atom is 0.137 e. The molecule has 4 heteroatoms. The Labute approximate surface area is 101 Å². The molecule has 16 heavy (non-hydrogen) atoms. The third-order valence-corrected chi connectivity index (χ3v) is 2.58. The van der Waals surface area contributed by atoms with Crippen LogP contribution in [0, 0.1) is 0 Å². The van der Waals surface area contributed by atoms with Crippen molar-refractivity contribution in [1.82, 2.24) is 5.32 Å². The first-order valence-electron chi connectivity index (χ1n) is 5.34. The predicted octanol–water partition coefficient (Wildman–Crippen LogP) is 2.21. The van der Waals surface area contributed by atoms with Gasteiger partial charge in [-0.2, -0.15) is 0 Å². The minimum absolute atomic E-state index is 0.257. The molecule has 0 radical (unpaired) electrons. The second-order valence-corrected chi connectivity index (χ2v) is 4.19. The number of nitrogens with one attached hydrogen (secondary N) is 1. The summed E-state index contributed by atoms with van der Waals surface area (Å²) >= 11 is 6.00. The van der Waals surface area contributed by atoms with Crippen molar-refractivity contribution in [3.8, 4) is 5.75 Å². The van der Waals surface area contributed by atoms with Gasteiger partial charge in [-0.15, -0.1) is 0 Å². The number of halogens is 1. The Bertz CT molecular complexity index is 329. The van der Waals surface area contributed by atoms with E-state index in [1.165, 1.54) is 0 Å². The van der Waals surface area contributed by atoms with Crippen LogP contribution in [0.15, 0.2) is 18.2 Å². The minimum atomic E-state index is -0.257. The smallest absolute Gasteiger partial charge is 0.137 e. The van der Waals surface area contributed by atoms with Crippen LogP contribution in [0.3, 0.4) is 0 Å². The number of hydrogen-bond donors (Lipinski definition) is 2. The Balaban J connectivity index is 2.40. The van der Waals surface area contributed by atoms with Crippen LogP contribution in [0.1, 0.15) is 18.9 Å². The zero-order valence-electron chi connectivity index (χ0n) is 9.66. The molecule has 0 aliphatic rings. The van der Waals surface area contributed by atoms with Crippen LogP contribution in [0.4, 0.5) is 0 Å². The molecule has 1 atom stereocenters. The zero-order valence-corrected chi connectivity index (χ0v) is 10.4. The van der Waals surface area contributed by atoms with E-state index in [2.05, 4.69) is 5.32 Å². The molecule has 0 saturated carbocycles. The number of hydrogen-bond acceptors (Lipinski definition) is 3. The molecule has 1 rings (SSSR count). The van der Waals surface area contributed by atoms with E-state index in [1.54, 1.807) is 14.0 Å². The van der Waals surface area contributed by atoms with Crippen molar-refractivity contribution in [2.24, 2.45) is 0 Å². The van der Waals surface area contributed by atoms with Crippen LogP contribution in [0.25, 0.3) is 0 Å². The highest BCUT2D eigenvalue weighted by molar-refractivity contribution is 6.32. The van der Waals surface area contributed by atoms with Gasteiger partial charge in [0.05, 0.1) is 18.2 Å². The van der Waals surface area contributed by atoms with E-state index in [4.69, 9.17) is 21.4 Å². The second kappa shape index (κ2) is 6.74. The van der Waals surface area contributed by atoms with E-state index in [0.29, 0.717) is 10.8 Å². The van der Waals surface area contributed by atoms with Crippen molar-refractivity contribution in [3.63, 3.8) is 0 Å². The molecule has 0 amide bonds. The van der Waals surface area contributed by atoms with Crippen molar-refractivity contribution in [3.05, 3.63) is 28.8 Å². The van der Waals surface area contributed by atoms with Gasteiger partial charge in [-0.25, -0.2) is 0 Å². The topological polar surface area (TPSA) is 41.5 Å². The van der Waals surface area contributed by atoms with Crippen LogP contribution in [-0.4, -0.2) is 24.9 Å². The molecule has 0 aliphatic carbocycles. The van der Waals surface area contributed by atoms with Gasteiger partial charge in [0.1, 0.15) is 5.75 Å². The number of aliphatic hydroxyl groups excluding tert-OH is 1. The average molecular weight is 244 g/mol. The lowest BCUT2D eigenvalue weighted by atomic mass is 10.2. The summed E-state index contributed by atoms with van der Waals surface area (Å²) in [7, 11) is 1.60. The maximum absolute atomic E-state index is 9.08. The van der Waals surface area contributed by atoms with Gasteiger partial charge in [-0.3, -0.25) is 0 Å². The Morgan fingerprint density at radius 1 is 1.50 bits per heavy atom. The Morgan fingerprint density at radius 2 is 2.25 bits per heavy atom. The number of aliphatic hydroxyl groups is 1. The van der Waals surface area contributed by atoms with Gasteiger partial charge in [-0.05, 0) is 37.6 Å². The normalized spacial score (nSPS) is 12.5. The minimum Gasteiger partial charge on any atom is -0.495 e. The van der Waals surface area contributed by atoms with Crippen LogP contribution >= 0.6 is 11.6 Å². The summed E-state index contributed by atoms with van der Waals surface area (Å²) in [4.78, 5) is 0. The highest BCUT2D eigenvalue weighted by atomic mass is 35.5. The molecule has 3 nitrogen and oxygen atoms in total. The molecule has 1 aromatic carbocycles. The van der Waals surface area contributed by atoms with Gasteiger partial charge in [-0.1, -0.05) is 17.7 Å². The molecular weight excluding hydrogens is 226 g/mol. The van der Waals surface area contributed by atoms with E-state index in [-0.39, 0.29) is 6.10 Å². The second-order valence-electron chi connectivity index (χ2n) is 3.78. The molecule has 2 N–H and O–H groups in total. The average Bonchev–Trinajstić information content (AvgIpc) is 2.24. The fourth-order valence-electron chi connectivity index (χ4n) is 1.36. The number of ether oxygens (including phenoxy) is 1. The van der Waals surface area contributed by atoms with E-state index in [1.807, 2.05) is 18.2 Å². The van der Waals surface area contributed by atoms with Gasteiger partial charge in [0, 0.05) is 6.54 Å². The van der Waals surface area contributed by atoms with Crippen molar-refractivity contribution in [1.29, 1.82) is 0 Å². The van der Waals surface area contributed by atoms with Crippen molar-refractivity contribution >= 4 is 11.6 Å². The van der Waals surface area contributed by atoms with E-state index in [9.17, 15) is 0 Å². The molecular formula is C12H18ClNO2. The summed E-state index contributed by atoms with van der Waals surface area (Å²) in [6.07, 6.45) is 0.496. The SMILES string of the molecule is COc1ccc(CNCCC(C)O)cc1Cl. The maximum atomic E-state index is 9.08. The quantitative estimate of drug-likeness (QED) is 0.753. The standard InChI is InChI=1S/C12H18ClNO2/c1-9(15)5-6-14-8-10-3-4-12(16-2)11(13)7-10/h3-4,7,9,14-15H,5-6,8H2,1-2H3. The monoisotopic (exact) mass is 243 g/mol. The van der Waals surface area contributed by atoms with Crippen molar-refractivity contribution in [2.45, 2.75) is 26.0 Å². The van der Waals surface area contributed by atoms with E-state index >= 15 is 0 Å². The first-order valence-corrected chi connectivity index (χ1v) is 5.72.